The fraction of sp³-hybridized carbons (Fsp3) is 0.562. The number of hydrogen-bond acceptors (Lipinski definition) is 3. The third kappa shape index (κ3) is 4.35. The zero-order valence-electron chi connectivity index (χ0n) is 12.9. The summed E-state index contributed by atoms with van der Waals surface area (Å²) in [6.45, 7) is 9.31. The highest BCUT2D eigenvalue weighted by molar-refractivity contribution is 5.77. The van der Waals surface area contributed by atoms with Crippen molar-refractivity contribution in [1.82, 2.24) is 4.90 Å². The second-order valence-corrected chi connectivity index (χ2v) is 5.55. The molecule has 1 aromatic rings. The number of benzene rings is 1. The molecule has 0 heterocycles. The van der Waals surface area contributed by atoms with Gasteiger partial charge < -0.3 is 4.74 Å². The van der Waals surface area contributed by atoms with Crippen LogP contribution in [0.15, 0.2) is 12.1 Å². The van der Waals surface area contributed by atoms with Crippen LogP contribution in [-0.2, 0) is 11.3 Å². The van der Waals surface area contributed by atoms with Gasteiger partial charge in [0.2, 0.25) is 0 Å². The second kappa shape index (κ2) is 6.71. The SMILES string of the molecule is COc1cc(C)c(CN(C)CC(C)=O)cc1C(C)C. The Morgan fingerprint density at radius 3 is 2.47 bits per heavy atom. The Morgan fingerprint density at radius 1 is 1.37 bits per heavy atom. The maximum absolute atomic E-state index is 11.1. The van der Waals surface area contributed by atoms with Gasteiger partial charge in [-0.2, -0.15) is 0 Å². The molecule has 0 N–H and O–H groups in total. The van der Waals surface area contributed by atoms with Crippen molar-refractivity contribution in [2.75, 3.05) is 20.7 Å². The third-order valence-electron chi connectivity index (χ3n) is 3.24. The van der Waals surface area contributed by atoms with Crippen LogP contribution in [0.3, 0.4) is 0 Å². The van der Waals surface area contributed by atoms with E-state index < -0.39 is 0 Å². The zero-order chi connectivity index (χ0) is 14.6. The van der Waals surface area contributed by atoms with Crippen molar-refractivity contribution < 1.29 is 9.53 Å². The second-order valence-electron chi connectivity index (χ2n) is 5.55. The lowest BCUT2D eigenvalue weighted by atomic mass is 9.96. The predicted molar refractivity (Wildman–Crippen MR) is 78.8 cm³/mol. The Morgan fingerprint density at radius 2 is 2.00 bits per heavy atom. The third-order valence-corrected chi connectivity index (χ3v) is 3.24. The van der Waals surface area contributed by atoms with Gasteiger partial charge in [-0.05, 0) is 49.6 Å². The minimum atomic E-state index is 0.192. The summed E-state index contributed by atoms with van der Waals surface area (Å²) in [6.07, 6.45) is 0. The maximum atomic E-state index is 11.1. The van der Waals surface area contributed by atoms with E-state index in [2.05, 4.69) is 32.9 Å². The Balaban J connectivity index is 3.01. The van der Waals surface area contributed by atoms with Crippen molar-refractivity contribution in [2.24, 2.45) is 0 Å². The molecule has 106 valence electrons. The van der Waals surface area contributed by atoms with Crippen LogP contribution in [0.1, 0.15) is 43.4 Å². The van der Waals surface area contributed by atoms with Crippen molar-refractivity contribution in [3.8, 4) is 5.75 Å². The predicted octanol–water partition coefficient (Wildman–Crippen LogP) is 3.15. The summed E-state index contributed by atoms with van der Waals surface area (Å²) >= 11 is 0. The summed E-state index contributed by atoms with van der Waals surface area (Å²) in [5.74, 6) is 1.57. The van der Waals surface area contributed by atoms with Gasteiger partial charge in [-0.15, -0.1) is 0 Å². The molecule has 0 amide bonds. The fourth-order valence-electron chi connectivity index (χ4n) is 2.27. The van der Waals surface area contributed by atoms with Crippen LogP contribution in [-0.4, -0.2) is 31.4 Å². The van der Waals surface area contributed by atoms with E-state index in [-0.39, 0.29) is 5.78 Å². The molecule has 0 aliphatic carbocycles. The summed E-state index contributed by atoms with van der Waals surface area (Å²) in [7, 11) is 3.68. The van der Waals surface area contributed by atoms with E-state index in [0.717, 1.165) is 12.3 Å². The van der Waals surface area contributed by atoms with Crippen LogP contribution in [0.2, 0.25) is 0 Å². The van der Waals surface area contributed by atoms with E-state index in [9.17, 15) is 4.79 Å². The minimum Gasteiger partial charge on any atom is -0.496 e. The fourth-order valence-corrected chi connectivity index (χ4v) is 2.27. The molecule has 0 aliphatic heterocycles. The number of methoxy groups -OCH3 is 1. The van der Waals surface area contributed by atoms with Gasteiger partial charge in [-0.1, -0.05) is 19.9 Å². The molecule has 0 saturated heterocycles. The largest absolute Gasteiger partial charge is 0.496 e. The summed E-state index contributed by atoms with van der Waals surface area (Å²) in [4.78, 5) is 13.2. The number of Topliss-reactive ketones (excluding diaryl/α,β-unsaturated/α-hetero) is 1. The first kappa shape index (κ1) is 15.7. The van der Waals surface area contributed by atoms with E-state index in [1.54, 1.807) is 14.0 Å². The molecule has 0 unspecified atom stereocenters. The number of carbonyl (C=O) groups is 1. The number of ether oxygens (including phenoxy) is 1. The molecule has 1 aromatic carbocycles. The molecule has 0 aliphatic rings. The van der Waals surface area contributed by atoms with Gasteiger partial charge in [0, 0.05) is 6.54 Å². The van der Waals surface area contributed by atoms with E-state index in [1.165, 1.54) is 16.7 Å². The first-order chi connectivity index (χ1) is 8.85. The number of ketones is 1. The number of aryl methyl sites for hydroxylation is 1. The molecule has 19 heavy (non-hydrogen) atoms. The van der Waals surface area contributed by atoms with Crippen LogP contribution in [0.25, 0.3) is 0 Å². The lowest BCUT2D eigenvalue weighted by Gasteiger charge is -2.20. The van der Waals surface area contributed by atoms with E-state index in [1.807, 2.05) is 11.9 Å². The molecule has 0 bridgehead atoms. The van der Waals surface area contributed by atoms with Gasteiger partial charge in [-0.3, -0.25) is 9.69 Å². The maximum Gasteiger partial charge on any atom is 0.143 e. The van der Waals surface area contributed by atoms with Crippen LogP contribution in [0, 0.1) is 6.92 Å². The molecule has 0 saturated carbocycles. The highest BCUT2D eigenvalue weighted by atomic mass is 16.5. The number of likely N-dealkylation sites (N-methyl/N-ethyl adjacent to an activating group) is 1. The molecule has 3 nitrogen and oxygen atoms in total. The highest BCUT2D eigenvalue weighted by Gasteiger charge is 2.12. The highest BCUT2D eigenvalue weighted by Crippen LogP contribution is 2.30. The molecule has 0 aromatic heterocycles. The number of carbonyl (C=O) groups excluding carboxylic acids is 1. The van der Waals surface area contributed by atoms with E-state index in [0.29, 0.717) is 12.5 Å². The Kier molecular flexibility index (Phi) is 5.55. The number of rotatable bonds is 6. The van der Waals surface area contributed by atoms with Gasteiger partial charge in [-0.25, -0.2) is 0 Å². The first-order valence-electron chi connectivity index (χ1n) is 6.70. The number of hydrogen-bond donors (Lipinski definition) is 0. The average Bonchev–Trinajstić information content (AvgIpc) is 2.29. The van der Waals surface area contributed by atoms with Crippen molar-refractivity contribution in [3.63, 3.8) is 0 Å². The standard InChI is InChI=1S/C16H25NO2/c1-11(2)15-8-14(10-17(5)9-13(4)18)12(3)7-16(15)19-6/h7-8,11H,9-10H2,1-6H3. The van der Waals surface area contributed by atoms with Crippen LogP contribution >= 0.6 is 0 Å². The van der Waals surface area contributed by atoms with Gasteiger partial charge in [0.1, 0.15) is 11.5 Å². The van der Waals surface area contributed by atoms with Gasteiger partial charge in [0.05, 0.1) is 13.7 Å². The number of nitrogens with zero attached hydrogens (tertiary/aromatic N) is 1. The molecular formula is C16H25NO2. The quantitative estimate of drug-likeness (QED) is 0.789. The van der Waals surface area contributed by atoms with Gasteiger partial charge >= 0.3 is 0 Å². The van der Waals surface area contributed by atoms with Crippen molar-refractivity contribution in [3.05, 3.63) is 28.8 Å². The van der Waals surface area contributed by atoms with Gasteiger partial charge in [0.25, 0.3) is 0 Å². The Labute approximate surface area is 116 Å². The minimum absolute atomic E-state index is 0.192. The molecule has 0 radical (unpaired) electrons. The first-order valence-corrected chi connectivity index (χ1v) is 6.70. The van der Waals surface area contributed by atoms with E-state index >= 15 is 0 Å². The zero-order valence-corrected chi connectivity index (χ0v) is 12.9. The smallest absolute Gasteiger partial charge is 0.143 e. The molecular weight excluding hydrogens is 238 g/mol. The average molecular weight is 263 g/mol. The monoisotopic (exact) mass is 263 g/mol. The lowest BCUT2D eigenvalue weighted by Crippen LogP contribution is -2.24. The normalized spacial score (nSPS) is 11.2. The van der Waals surface area contributed by atoms with Crippen molar-refractivity contribution >= 4 is 5.78 Å². The van der Waals surface area contributed by atoms with Crippen LogP contribution in [0.5, 0.6) is 5.75 Å². The Hall–Kier alpha value is -1.35. The van der Waals surface area contributed by atoms with Crippen molar-refractivity contribution in [1.29, 1.82) is 0 Å². The summed E-state index contributed by atoms with van der Waals surface area (Å²) in [5.41, 5.74) is 3.68. The summed E-state index contributed by atoms with van der Waals surface area (Å²) in [6, 6.07) is 4.29. The topological polar surface area (TPSA) is 29.5 Å². The molecule has 3 heteroatoms. The van der Waals surface area contributed by atoms with E-state index in [4.69, 9.17) is 4.74 Å². The Bertz CT molecular complexity index is 452. The molecule has 1 rings (SSSR count). The molecule has 0 atom stereocenters. The summed E-state index contributed by atoms with van der Waals surface area (Å²) < 4.78 is 5.44. The van der Waals surface area contributed by atoms with Gasteiger partial charge in [0.15, 0.2) is 0 Å². The summed E-state index contributed by atoms with van der Waals surface area (Å²) in [5, 5.41) is 0. The molecule has 0 fully saturated rings. The van der Waals surface area contributed by atoms with Crippen LogP contribution in [0.4, 0.5) is 0 Å². The van der Waals surface area contributed by atoms with Crippen molar-refractivity contribution in [2.45, 2.75) is 40.2 Å². The lowest BCUT2D eigenvalue weighted by molar-refractivity contribution is -0.117. The molecule has 0 spiro atoms. The van der Waals surface area contributed by atoms with Crippen LogP contribution < -0.4 is 4.74 Å².